The smallest absolute Gasteiger partial charge is 0.0587 e. The second-order valence-corrected chi connectivity index (χ2v) is 5.28. The molecule has 0 saturated heterocycles. The Kier molecular flexibility index (Phi) is 5.83. The van der Waals surface area contributed by atoms with Gasteiger partial charge in [0, 0.05) is 48.5 Å². The van der Waals surface area contributed by atoms with E-state index in [4.69, 9.17) is 4.74 Å². The number of hydrogen-bond acceptors (Lipinski definition) is 2. The van der Waals surface area contributed by atoms with Crippen LogP contribution in [0.4, 0.5) is 0 Å². The molecular formula is C18H22ClN2O-. The summed E-state index contributed by atoms with van der Waals surface area (Å²) < 4.78 is 7.44. The quantitative estimate of drug-likeness (QED) is 0.672. The number of halogens is 1. The van der Waals surface area contributed by atoms with Gasteiger partial charge in [0.1, 0.15) is 0 Å². The summed E-state index contributed by atoms with van der Waals surface area (Å²) in [5.74, 6) is 0. The number of para-hydroxylation sites is 1. The van der Waals surface area contributed by atoms with Crippen LogP contribution in [0.1, 0.15) is 12.5 Å². The number of aryl methyl sites for hydroxylation is 1. The summed E-state index contributed by atoms with van der Waals surface area (Å²) in [6.07, 6.45) is 0. The molecular weight excluding hydrogens is 296 g/mol. The first-order valence-electron chi connectivity index (χ1n) is 7.54. The first kappa shape index (κ1) is 16.8. The maximum atomic E-state index is 5.06. The molecule has 1 aromatic heterocycles. The Balaban J connectivity index is 0.00000176. The summed E-state index contributed by atoms with van der Waals surface area (Å²) in [5, 5.41) is 6.09. The number of benzene rings is 2. The molecule has 3 nitrogen and oxygen atoms in total. The van der Waals surface area contributed by atoms with Crippen LogP contribution in [0.3, 0.4) is 0 Å². The summed E-state index contributed by atoms with van der Waals surface area (Å²) in [7, 11) is 1.73. The van der Waals surface area contributed by atoms with Crippen LogP contribution in [-0.4, -0.2) is 24.8 Å². The summed E-state index contributed by atoms with van der Waals surface area (Å²) in [6, 6.07) is 15.4. The van der Waals surface area contributed by atoms with Crippen molar-refractivity contribution in [3.8, 4) is 0 Å². The fraction of sp³-hybridized carbons (Fsp3) is 0.333. The summed E-state index contributed by atoms with van der Waals surface area (Å²) >= 11 is 0. The van der Waals surface area contributed by atoms with Gasteiger partial charge in [-0.25, -0.2) is 0 Å². The Morgan fingerprint density at radius 2 is 1.82 bits per heavy atom. The van der Waals surface area contributed by atoms with Crippen molar-refractivity contribution in [2.45, 2.75) is 20.0 Å². The van der Waals surface area contributed by atoms with Gasteiger partial charge >= 0.3 is 0 Å². The van der Waals surface area contributed by atoms with Crippen LogP contribution < -0.4 is 17.7 Å². The van der Waals surface area contributed by atoms with Gasteiger partial charge in [-0.15, -0.1) is 0 Å². The highest BCUT2D eigenvalue weighted by atomic mass is 35.5. The molecule has 0 aliphatic heterocycles. The number of nitrogens with one attached hydrogen (secondary N) is 1. The zero-order valence-electron chi connectivity index (χ0n) is 13.1. The van der Waals surface area contributed by atoms with Crippen molar-refractivity contribution in [3.63, 3.8) is 0 Å². The van der Waals surface area contributed by atoms with Gasteiger partial charge in [-0.05, 0) is 30.7 Å². The van der Waals surface area contributed by atoms with Crippen molar-refractivity contribution >= 4 is 21.8 Å². The lowest BCUT2D eigenvalue weighted by molar-refractivity contribution is -0.00000461. The van der Waals surface area contributed by atoms with E-state index >= 15 is 0 Å². The Morgan fingerprint density at radius 3 is 2.59 bits per heavy atom. The number of hydrogen-bond donors (Lipinski definition) is 1. The number of nitrogens with zero attached hydrogens (tertiary/aromatic N) is 1. The van der Waals surface area contributed by atoms with Crippen molar-refractivity contribution in [2.75, 3.05) is 20.3 Å². The predicted octanol–water partition coefficient (Wildman–Crippen LogP) is 0.554. The van der Waals surface area contributed by atoms with E-state index in [0.29, 0.717) is 0 Å². The average Bonchev–Trinajstić information content (AvgIpc) is 2.85. The number of ether oxygens (including phenoxy) is 1. The third kappa shape index (κ3) is 3.12. The van der Waals surface area contributed by atoms with E-state index in [1.54, 1.807) is 7.11 Å². The van der Waals surface area contributed by atoms with Crippen LogP contribution in [0.15, 0.2) is 42.5 Å². The molecule has 0 saturated carbocycles. The molecule has 0 unspecified atom stereocenters. The molecule has 2 aromatic carbocycles. The Morgan fingerprint density at radius 1 is 1.05 bits per heavy atom. The highest BCUT2D eigenvalue weighted by molar-refractivity contribution is 6.08. The fourth-order valence-electron chi connectivity index (χ4n) is 2.96. The second kappa shape index (κ2) is 7.63. The lowest BCUT2D eigenvalue weighted by atomic mass is 10.1. The molecule has 0 radical (unpaired) electrons. The molecule has 3 aromatic rings. The van der Waals surface area contributed by atoms with Gasteiger partial charge in [-0.3, -0.25) is 0 Å². The van der Waals surface area contributed by atoms with E-state index in [1.165, 1.54) is 27.4 Å². The van der Waals surface area contributed by atoms with Crippen LogP contribution >= 0.6 is 0 Å². The summed E-state index contributed by atoms with van der Waals surface area (Å²) in [5.41, 5.74) is 3.96. The highest BCUT2D eigenvalue weighted by Gasteiger charge is 2.09. The molecule has 0 spiro atoms. The van der Waals surface area contributed by atoms with E-state index in [0.717, 1.165) is 26.2 Å². The molecule has 0 atom stereocenters. The first-order chi connectivity index (χ1) is 10.3. The number of rotatable bonds is 6. The third-order valence-electron chi connectivity index (χ3n) is 3.97. The van der Waals surface area contributed by atoms with Crippen molar-refractivity contribution in [2.24, 2.45) is 0 Å². The van der Waals surface area contributed by atoms with Crippen LogP contribution in [0.2, 0.25) is 0 Å². The molecule has 22 heavy (non-hydrogen) atoms. The third-order valence-corrected chi connectivity index (χ3v) is 3.97. The molecule has 1 heterocycles. The van der Waals surface area contributed by atoms with Gasteiger partial charge in [0.2, 0.25) is 0 Å². The molecule has 0 aliphatic carbocycles. The Hall–Kier alpha value is -1.55. The normalized spacial score (nSPS) is 11.0. The van der Waals surface area contributed by atoms with Gasteiger partial charge in [0.05, 0.1) is 6.61 Å². The maximum Gasteiger partial charge on any atom is 0.0587 e. The summed E-state index contributed by atoms with van der Waals surface area (Å²) in [6.45, 7) is 5.70. The molecule has 4 heteroatoms. The van der Waals surface area contributed by atoms with Gasteiger partial charge < -0.3 is 27.0 Å². The van der Waals surface area contributed by atoms with Gasteiger partial charge in [-0.2, -0.15) is 0 Å². The molecule has 0 amide bonds. The van der Waals surface area contributed by atoms with Crippen LogP contribution in [0, 0.1) is 0 Å². The minimum absolute atomic E-state index is 0. The molecule has 0 aliphatic rings. The van der Waals surface area contributed by atoms with Crippen molar-refractivity contribution in [1.82, 2.24) is 9.88 Å². The maximum absolute atomic E-state index is 5.06. The molecule has 1 N–H and O–H groups in total. The van der Waals surface area contributed by atoms with E-state index in [9.17, 15) is 0 Å². The van der Waals surface area contributed by atoms with Gasteiger partial charge in [-0.1, -0.05) is 24.3 Å². The molecule has 0 bridgehead atoms. The standard InChI is InChI=1S/C18H22N2O.ClH/c1-3-20-17-7-5-4-6-15(17)16-12-14(8-9-18(16)20)13-19-10-11-21-2;/h4-9,12,19H,3,10-11,13H2,1-2H3;1H/p-1. The van der Waals surface area contributed by atoms with Crippen LogP contribution in [0.25, 0.3) is 21.8 Å². The largest absolute Gasteiger partial charge is 1.00 e. The zero-order valence-corrected chi connectivity index (χ0v) is 13.9. The lowest BCUT2D eigenvalue weighted by Gasteiger charge is -2.06. The van der Waals surface area contributed by atoms with Gasteiger partial charge in [0.15, 0.2) is 0 Å². The Bertz CT molecular complexity index is 751. The van der Waals surface area contributed by atoms with Crippen molar-refractivity contribution < 1.29 is 17.1 Å². The van der Waals surface area contributed by atoms with E-state index in [-0.39, 0.29) is 12.4 Å². The summed E-state index contributed by atoms with van der Waals surface area (Å²) in [4.78, 5) is 0. The van der Waals surface area contributed by atoms with E-state index < -0.39 is 0 Å². The molecule has 118 valence electrons. The zero-order chi connectivity index (χ0) is 14.7. The minimum Gasteiger partial charge on any atom is -1.00 e. The van der Waals surface area contributed by atoms with E-state index in [2.05, 4.69) is 59.3 Å². The van der Waals surface area contributed by atoms with Gasteiger partial charge in [0.25, 0.3) is 0 Å². The number of fused-ring (bicyclic) bond motifs is 3. The van der Waals surface area contributed by atoms with Crippen LogP contribution in [0.5, 0.6) is 0 Å². The molecule has 3 rings (SSSR count). The van der Waals surface area contributed by atoms with Crippen molar-refractivity contribution in [1.29, 1.82) is 0 Å². The number of methoxy groups -OCH3 is 1. The fourth-order valence-corrected chi connectivity index (χ4v) is 2.96. The SMILES string of the molecule is CCn1c2ccccc2c2cc(CNCCOC)ccc21.[Cl-]. The van der Waals surface area contributed by atoms with Crippen molar-refractivity contribution in [3.05, 3.63) is 48.0 Å². The first-order valence-corrected chi connectivity index (χ1v) is 7.54. The lowest BCUT2D eigenvalue weighted by Crippen LogP contribution is -3.00. The minimum atomic E-state index is 0. The van der Waals surface area contributed by atoms with Crippen LogP contribution in [-0.2, 0) is 17.8 Å². The topological polar surface area (TPSA) is 26.2 Å². The average molecular weight is 318 g/mol. The molecule has 0 fully saturated rings. The predicted molar refractivity (Wildman–Crippen MR) is 88.7 cm³/mol. The number of aromatic nitrogens is 1. The Labute approximate surface area is 137 Å². The second-order valence-electron chi connectivity index (χ2n) is 5.28. The monoisotopic (exact) mass is 317 g/mol. The van der Waals surface area contributed by atoms with E-state index in [1.807, 2.05) is 0 Å². The highest BCUT2D eigenvalue weighted by Crippen LogP contribution is 2.29.